The molecule has 1 N–H and O–H groups in total. The Balaban J connectivity index is 1.54. The van der Waals surface area contributed by atoms with Crippen LogP contribution in [-0.2, 0) is 6.61 Å². The molecule has 0 unspecified atom stereocenters. The lowest BCUT2D eigenvalue weighted by molar-refractivity contribution is 0.0955. The van der Waals surface area contributed by atoms with Crippen LogP contribution in [0, 0.1) is 0 Å². The second-order valence-electron chi connectivity index (χ2n) is 5.65. The Kier molecular flexibility index (Phi) is 6.87. The molecule has 0 atom stereocenters. The summed E-state index contributed by atoms with van der Waals surface area (Å²) in [6, 6.07) is 15.8. The molecule has 0 fully saturated rings. The van der Waals surface area contributed by atoms with Gasteiger partial charge in [0.05, 0.1) is 21.8 Å². The zero-order valence-electron chi connectivity index (χ0n) is 14.4. The molecule has 1 aromatic heterocycles. The Morgan fingerprint density at radius 3 is 2.57 bits per heavy atom. The summed E-state index contributed by atoms with van der Waals surface area (Å²) >= 11 is 17.8. The minimum absolute atomic E-state index is 0.124. The number of halogens is 3. The Bertz CT molecular complexity index is 1010. The molecule has 3 rings (SSSR count). The van der Waals surface area contributed by atoms with Crippen LogP contribution in [0.1, 0.15) is 21.5 Å². The molecular formula is C20H14Cl3N3O2. The smallest absolute Gasteiger partial charge is 0.274 e. The van der Waals surface area contributed by atoms with Gasteiger partial charge in [0, 0.05) is 6.20 Å². The van der Waals surface area contributed by atoms with Crippen LogP contribution in [0.25, 0.3) is 0 Å². The van der Waals surface area contributed by atoms with Crippen LogP contribution >= 0.6 is 34.8 Å². The van der Waals surface area contributed by atoms with Crippen molar-refractivity contribution in [2.75, 3.05) is 0 Å². The number of hydrazone groups is 1. The summed E-state index contributed by atoms with van der Waals surface area (Å²) in [4.78, 5) is 15.8. The quantitative estimate of drug-likeness (QED) is 0.322. The number of aromatic nitrogens is 1. The van der Waals surface area contributed by atoms with E-state index in [0.717, 1.165) is 11.1 Å². The van der Waals surface area contributed by atoms with E-state index in [2.05, 4.69) is 15.5 Å². The van der Waals surface area contributed by atoms with E-state index >= 15 is 0 Å². The number of nitrogens with zero attached hydrogens (tertiary/aromatic N) is 2. The number of hydrogen-bond acceptors (Lipinski definition) is 4. The maximum absolute atomic E-state index is 12.0. The summed E-state index contributed by atoms with van der Waals surface area (Å²) in [5.41, 5.74) is 4.37. The second kappa shape index (κ2) is 9.55. The fourth-order valence-electron chi connectivity index (χ4n) is 2.23. The van der Waals surface area contributed by atoms with Gasteiger partial charge in [-0.05, 0) is 59.7 Å². The summed E-state index contributed by atoms with van der Waals surface area (Å²) in [6.45, 7) is 0.367. The predicted octanol–water partition coefficient (Wildman–Crippen LogP) is 5.38. The molecule has 5 nitrogen and oxygen atoms in total. The van der Waals surface area contributed by atoms with Crippen molar-refractivity contribution in [2.24, 2.45) is 5.10 Å². The highest BCUT2D eigenvalue weighted by molar-refractivity contribution is 6.42. The van der Waals surface area contributed by atoms with E-state index in [1.54, 1.807) is 36.4 Å². The fourth-order valence-corrected chi connectivity index (χ4v) is 2.75. The van der Waals surface area contributed by atoms with Crippen LogP contribution in [-0.4, -0.2) is 17.1 Å². The normalized spacial score (nSPS) is 10.8. The van der Waals surface area contributed by atoms with Crippen LogP contribution in [0.3, 0.4) is 0 Å². The van der Waals surface area contributed by atoms with Crippen molar-refractivity contribution in [3.8, 4) is 5.75 Å². The minimum atomic E-state index is -0.434. The van der Waals surface area contributed by atoms with E-state index in [1.807, 2.05) is 18.2 Å². The standard InChI is InChI=1S/C20H14Cl3N3O2/c21-17-8-5-14(10-18(17)22)12-28-15-6-3-13(4-7-15)11-25-26-20(27)16-2-1-9-24-19(16)23/h1-11H,12H2,(H,26,27). The van der Waals surface area contributed by atoms with Crippen molar-refractivity contribution < 1.29 is 9.53 Å². The third-order valence-electron chi connectivity index (χ3n) is 3.65. The first-order valence-electron chi connectivity index (χ1n) is 8.13. The van der Waals surface area contributed by atoms with E-state index in [4.69, 9.17) is 39.5 Å². The van der Waals surface area contributed by atoms with Crippen LogP contribution < -0.4 is 10.2 Å². The van der Waals surface area contributed by atoms with Crippen molar-refractivity contribution in [1.82, 2.24) is 10.4 Å². The molecule has 0 aliphatic carbocycles. The van der Waals surface area contributed by atoms with E-state index < -0.39 is 5.91 Å². The molecule has 0 aliphatic rings. The topological polar surface area (TPSA) is 63.6 Å². The number of pyridine rings is 1. The van der Waals surface area contributed by atoms with Gasteiger partial charge in [-0.15, -0.1) is 0 Å². The zero-order chi connectivity index (χ0) is 19.9. The number of amides is 1. The Morgan fingerprint density at radius 1 is 1.07 bits per heavy atom. The van der Waals surface area contributed by atoms with Gasteiger partial charge in [-0.1, -0.05) is 40.9 Å². The van der Waals surface area contributed by atoms with Crippen molar-refractivity contribution in [2.45, 2.75) is 6.61 Å². The number of ether oxygens (including phenoxy) is 1. The van der Waals surface area contributed by atoms with E-state index in [1.165, 1.54) is 12.4 Å². The molecule has 3 aromatic rings. The molecule has 0 radical (unpaired) electrons. The highest BCUT2D eigenvalue weighted by Crippen LogP contribution is 2.23. The van der Waals surface area contributed by atoms with Gasteiger partial charge in [0.15, 0.2) is 0 Å². The number of hydrogen-bond donors (Lipinski definition) is 1. The van der Waals surface area contributed by atoms with Gasteiger partial charge in [-0.3, -0.25) is 4.79 Å². The fraction of sp³-hybridized carbons (Fsp3) is 0.0500. The third kappa shape index (κ3) is 5.45. The molecule has 8 heteroatoms. The molecule has 0 aliphatic heterocycles. The lowest BCUT2D eigenvalue weighted by atomic mass is 10.2. The molecule has 0 bridgehead atoms. The average Bonchev–Trinajstić information content (AvgIpc) is 2.70. The Labute approximate surface area is 176 Å². The summed E-state index contributed by atoms with van der Waals surface area (Å²) in [7, 11) is 0. The van der Waals surface area contributed by atoms with E-state index in [0.29, 0.717) is 22.4 Å². The molecule has 2 aromatic carbocycles. The maximum Gasteiger partial charge on any atom is 0.274 e. The van der Waals surface area contributed by atoms with Gasteiger partial charge in [0.25, 0.3) is 5.91 Å². The largest absolute Gasteiger partial charge is 0.489 e. The lowest BCUT2D eigenvalue weighted by Gasteiger charge is -2.07. The number of carbonyl (C=O) groups excluding carboxylic acids is 1. The number of benzene rings is 2. The third-order valence-corrected chi connectivity index (χ3v) is 4.69. The van der Waals surface area contributed by atoms with Gasteiger partial charge in [-0.2, -0.15) is 5.10 Å². The summed E-state index contributed by atoms with van der Waals surface area (Å²) in [5, 5.41) is 5.04. The highest BCUT2D eigenvalue weighted by Gasteiger charge is 2.09. The molecule has 0 saturated heterocycles. The van der Waals surface area contributed by atoms with Gasteiger partial charge >= 0.3 is 0 Å². The molecule has 1 heterocycles. The lowest BCUT2D eigenvalue weighted by Crippen LogP contribution is -2.18. The molecule has 0 spiro atoms. The Morgan fingerprint density at radius 2 is 1.86 bits per heavy atom. The minimum Gasteiger partial charge on any atom is -0.489 e. The maximum atomic E-state index is 12.0. The van der Waals surface area contributed by atoms with Gasteiger partial charge in [0.1, 0.15) is 17.5 Å². The number of nitrogens with one attached hydrogen (secondary N) is 1. The zero-order valence-corrected chi connectivity index (χ0v) is 16.7. The second-order valence-corrected chi connectivity index (χ2v) is 6.82. The molecule has 142 valence electrons. The summed E-state index contributed by atoms with van der Waals surface area (Å²) in [6.07, 6.45) is 3.03. The Hall–Kier alpha value is -2.60. The number of rotatable bonds is 6. The average molecular weight is 435 g/mol. The van der Waals surface area contributed by atoms with Gasteiger partial charge in [-0.25, -0.2) is 10.4 Å². The molecule has 1 amide bonds. The van der Waals surface area contributed by atoms with Gasteiger partial charge < -0.3 is 4.74 Å². The monoisotopic (exact) mass is 433 g/mol. The van der Waals surface area contributed by atoms with Crippen LogP contribution in [0.15, 0.2) is 65.9 Å². The molecule has 0 saturated carbocycles. The highest BCUT2D eigenvalue weighted by atomic mass is 35.5. The first-order chi connectivity index (χ1) is 13.5. The molecular weight excluding hydrogens is 421 g/mol. The SMILES string of the molecule is O=C(NN=Cc1ccc(OCc2ccc(Cl)c(Cl)c2)cc1)c1cccnc1Cl. The molecule has 28 heavy (non-hydrogen) atoms. The number of carbonyl (C=O) groups is 1. The van der Waals surface area contributed by atoms with Crippen LogP contribution in [0.2, 0.25) is 15.2 Å². The van der Waals surface area contributed by atoms with Crippen molar-refractivity contribution in [1.29, 1.82) is 0 Å². The van der Waals surface area contributed by atoms with E-state index in [-0.39, 0.29) is 10.7 Å². The first-order valence-corrected chi connectivity index (χ1v) is 9.27. The van der Waals surface area contributed by atoms with Crippen LogP contribution in [0.5, 0.6) is 5.75 Å². The van der Waals surface area contributed by atoms with Crippen molar-refractivity contribution in [3.05, 3.63) is 92.7 Å². The van der Waals surface area contributed by atoms with Crippen LogP contribution in [0.4, 0.5) is 0 Å². The first kappa shape index (κ1) is 20.1. The van der Waals surface area contributed by atoms with Gasteiger partial charge in [0.2, 0.25) is 0 Å². The van der Waals surface area contributed by atoms with Crippen molar-refractivity contribution in [3.63, 3.8) is 0 Å². The van der Waals surface area contributed by atoms with Crippen molar-refractivity contribution >= 4 is 46.9 Å². The van der Waals surface area contributed by atoms with E-state index in [9.17, 15) is 4.79 Å². The summed E-state index contributed by atoms with van der Waals surface area (Å²) in [5.74, 6) is 0.255. The summed E-state index contributed by atoms with van der Waals surface area (Å²) < 4.78 is 5.72. The predicted molar refractivity (Wildman–Crippen MR) is 112 cm³/mol.